The highest BCUT2D eigenvalue weighted by Gasteiger charge is 2.23. The first-order valence-corrected chi connectivity index (χ1v) is 6.31. The van der Waals surface area contributed by atoms with Gasteiger partial charge in [0.15, 0.2) is 0 Å². The van der Waals surface area contributed by atoms with Gasteiger partial charge in [0.05, 0.1) is 13.0 Å². The Morgan fingerprint density at radius 2 is 2.17 bits per heavy atom. The molecule has 0 atom stereocenters. The fraction of sp³-hybridized carbons (Fsp3) is 0.692. The van der Waals surface area contributed by atoms with Gasteiger partial charge in [0.1, 0.15) is 5.82 Å². The molecule has 0 bridgehead atoms. The summed E-state index contributed by atoms with van der Waals surface area (Å²) in [6, 6.07) is 0. The number of aryl methyl sites for hydroxylation is 1. The van der Waals surface area contributed by atoms with E-state index in [-0.39, 0.29) is 12.0 Å². The second kappa shape index (κ2) is 6.00. The average Bonchev–Trinajstić information content (AvgIpc) is 2.69. The molecule has 1 heterocycles. The van der Waals surface area contributed by atoms with Gasteiger partial charge in [-0.15, -0.1) is 0 Å². The molecule has 0 saturated carbocycles. The molecule has 0 unspecified atom stereocenters. The summed E-state index contributed by atoms with van der Waals surface area (Å²) < 4.78 is 2.08. The van der Waals surface area contributed by atoms with Crippen molar-refractivity contribution in [1.29, 1.82) is 0 Å². The molecule has 5 heteroatoms. The Kier molecular flexibility index (Phi) is 4.90. The Hall–Kier alpha value is -1.36. The molecule has 0 amide bonds. The molecule has 1 N–H and O–H groups in total. The molecular formula is C13H23N3O2. The maximum absolute atomic E-state index is 10.7. The number of hydrogen-bond donors (Lipinski definition) is 1. The van der Waals surface area contributed by atoms with Crippen molar-refractivity contribution in [2.75, 3.05) is 6.54 Å². The van der Waals surface area contributed by atoms with Crippen molar-refractivity contribution >= 4 is 5.97 Å². The fourth-order valence-corrected chi connectivity index (χ4v) is 1.83. The summed E-state index contributed by atoms with van der Waals surface area (Å²) in [4.78, 5) is 17.2. The molecule has 0 aliphatic rings. The zero-order valence-electron chi connectivity index (χ0n) is 11.7. The van der Waals surface area contributed by atoms with Crippen molar-refractivity contribution in [3.8, 4) is 0 Å². The first-order chi connectivity index (χ1) is 8.34. The van der Waals surface area contributed by atoms with Crippen molar-refractivity contribution in [3.05, 3.63) is 18.2 Å². The van der Waals surface area contributed by atoms with Gasteiger partial charge in [0, 0.05) is 31.0 Å². The molecule has 0 radical (unpaired) electrons. The summed E-state index contributed by atoms with van der Waals surface area (Å²) in [5.41, 5.74) is -0.0695. The molecule has 1 rings (SSSR count). The maximum atomic E-state index is 10.7. The van der Waals surface area contributed by atoms with E-state index < -0.39 is 5.97 Å². The van der Waals surface area contributed by atoms with Crippen LogP contribution in [-0.4, -0.2) is 37.6 Å². The smallest absolute Gasteiger partial charge is 0.304 e. The third kappa shape index (κ3) is 4.14. The van der Waals surface area contributed by atoms with Gasteiger partial charge < -0.3 is 9.67 Å². The van der Waals surface area contributed by atoms with E-state index in [1.807, 2.05) is 6.20 Å². The van der Waals surface area contributed by atoms with E-state index in [2.05, 4.69) is 42.1 Å². The molecule has 102 valence electrons. The summed E-state index contributed by atoms with van der Waals surface area (Å²) in [5, 5.41) is 8.81. The summed E-state index contributed by atoms with van der Waals surface area (Å²) in [6.45, 7) is 10.4. The molecule has 0 saturated heterocycles. The fourth-order valence-electron chi connectivity index (χ4n) is 1.83. The van der Waals surface area contributed by atoms with Gasteiger partial charge in [-0.25, -0.2) is 4.98 Å². The highest BCUT2D eigenvalue weighted by atomic mass is 16.4. The van der Waals surface area contributed by atoms with Crippen LogP contribution in [0.5, 0.6) is 0 Å². The predicted molar refractivity (Wildman–Crippen MR) is 70.3 cm³/mol. The highest BCUT2D eigenvalue weighted by molar-refractivity contribution is 5.66. The molecule has 0 aromatic carbocycles. The van der Waals surface area contributed by atoms with Crippen LogP contribution in [0.1, 0.15) is 39.9 Å². The van der Waals surface area contributed by atoms with Crippen molar-refractivity contribution in [3.63, 3.8) is 0 Å². The van der Waals surface area contributed by atoms with Crippen molar-refractivity contribution < 1.29 is 9.90 Å². The van der Waals surface area contributed by atoms with Crippen LogP contribution in [0.3, 0.4) is 0 Å². The lowest BCUT2D eigenvalue weighted by Gasteiger charge is -2.35. The van der Waals surface area contributed by atoms with E-state index >= 15 is 0 Å². The molecule has 1 aromatic rings. The van der Waals surface area contributed by atoms with Gasteiger partial charge in [-0.3, -0.25) is 9.69 Å². The van der Waals surface area contributed by atoms with Gasteiger partial charge in [0.25, 0.3) is 0 Å². The number of carboxylic acids is 1. The number of imidazole rings is 1. The minimum Gasteiger partial charge on any atom is -0.481 e. The van der Waals surface area contributed by atoms with Crippen LogP contribution in [0.25, 0.3) is 0 Å². The molecule has 5 nitrogen and oxygen atoms in total. The Bertz CT molecular complexity index is 393. The lowest BCUT2D eigenvalue weighted by molar-refractivity contribution is -0.137. The second-order valence-electron chi connectivity index (χ2n) is 5.37. The van der Waals surface area contributed by atoms with Gasteiger partial charge in [-0.1, -0.05) is 0 Å². The summed E-state index contributed by atoms with van der Waals surface area (Å²) in [6.07, 6.45) is 3.90. The van der Waals surface area contributed by atoms with E-state index in [1.165, 1.54) is 0 Å². The molecule has 0 aliphatic heterocycles. The number of rotatable bonds is 6. The maximum Gasteiger partial charge on any atom is 0.304 e. The Morgan fingerprint density at radius 3 is 2.67 bits per heavy atom. The molecular weight excluding hydrogens is 230 g/mol. The van der Waals surface area contributed by atoms with Gasteiger partial charge in [0.2, 0.25) is 0 Å². The molecule has 1 aromatic heterocycles. The van der Waals surface area contributed by atoms with E-state index in [4.69, 9.17) is 5.11 Å². The summed E-state index contributed by atoms with van der Waals surface area (Å²) in [7, 11) is 0. The van der Waals surface area contributed by atoms with E-state index in [1.54, 1.807) is 6.20 Å². The molecule has 18 heavy (non-hydrogen) atoms. The van der Waals surface area contributed by atoms with E-state index in [0.29, 0.717) is 13.1 Å². The quantitative estimate of drug-likeness (QED) is 0.842. The van der Waals surface area contributed by atoms with Crippen molar-refractivity contribution in [2.24, 2.45) is 0 Å². The molecule has 0 fully saturated rings. The Morgan fingerprint density at radius 1 is 1.50 bits per heavy atom. The first-order valence-electron chi connectivity index (χ1n) is 6.31. The minimum absolute atomic E-state index is 0.0695. The normalized spacial score (nSPS) is 12.1. The van der Waals surface area contributed by atoms with Crippen molar-refractivity contribution in [1.82, 2.24) is 14.5 Å². The Labute approximate surface area is 108 Å². The number of carbonyl (C=O) groups is 1. The summed E-state index contributed by atoms with van der Waals surface area (Å²) in [5.74, 6) is 0.223. The van der Waals surface area contributed by atoms with Crippen LogP contribution in [0.4, 0.5) is 0 Å². The van der Waals surface area contributed by atoms with Gasteiger partial charge >= 0.3 is 5.97 Å². The average molecular weight is 253 g/mol. The largest absolute Gasteiger partial charge is 0.481 e. The summed E-state index contributed by atoms with van der Waals surface area (Å²) >= 11 is 0. The van der Waals surface area contributed by atoms with E-state index in [9.17, 15) is 4.79 Å². The lowest BCUT2D eigenvalue weighted by Crippen LogP contribution is -2.42. The lowest BCUT2D eigenvalue weighted by atomic mass is 10.1. The molecule has 0 spiro atoms. The van der Waals surface area contributed by atoms with Crippen LogP contribution in [0, 0.1) is 0 Å². The van der Waals surface area contributed by atoms with Gasteiger partial charge in [-0.2, -0.15) is 0 Å². The number of hydrogen-bond acceptors (Lipinski definition) is 3. The van der Waals surface area contributed by atoms with Crippen LogP contribution in [-0.2, 0) is 17.9 Å². The monoisotopic (exact) mass is 253 g/mol. The van der Waals surface area contributed by atoms with Crippen LogP contribution in [0.2, 0.25) is 0 Å². The van der Waals surface area contributed by atoms with E-state index in [0.717, 1.165) is 12.4 Å². The third-order valence-electron chi connectivity index (χ3n) is 3.02. The highest BCUT2D eigenvalue weighted by Crippen LogP contribution is 2.17. The Balaban J connectivity index is 2.75. The number of aliphatic carboxylic acids is 1. The van der Waals surface area contributed by atoms with Gasteiger partial charge in [-0.05, 0) is 27.7 Å². The van der Waals surface area contributed by atoms with Crippen LogP contribution >= 0.6 is 0 Å². The van der Waals surface area contributed by atoms with Crippen molar-refractivity contribution in [2.45, 2.75) is 52.7 Å². The standard InChI is InChI=1S/C13H23N3O2/c1-5-15-9-7-14-11(15)10-16(13(2,3)4)8-6-12(17)18/h7,9H,5-6,8,10H2,1-4H3,(H,17,18). The predicted octanol–water partition coefficient (Wildman–Crippen LogP) is 1.98. The number of nitrogens with zero attached hydrogens (tertiary/aromatic N) is 3. The first kappa shape index (κ1) is 14.7. The van der Waals surface area contributed by atoms with Crippen LogP contribution in [0.15, 0.2) is 12.4 Å². The number of aromatic nitrogens is 2. The molecule has 0 aliphatic carbocycles. The third-order valence-corrected chi connectivity index (χ3v) is 3.02. The topological polar surface area (TPSA) is 58.4 Å². The van der Waals surface area contributed by atoms with Crippen LogP contribution < -0.4 is 0 Å². The minimum atomic E-state index is -0.761. The zero-order chi connectivity index (χ0) is 13.8. The zero-order valence-corrected chi connectivity index (χ0v) is 11.7. The second-order valence-corrected chi connectivity index (χ2v) is 5.37. The SMILES string of the molecule is CCn1ccnc1CN(CCC(=O)O)C(C)(C)C. The number of carboxylic acid groups (broad SMARTS) is 1.